The summed E-state index contributed by atoms with van der Waals surface area (Å²) in [6, 6.07) is 13.8. The molecule has 4 heteroatoms. The Balaban J connectivity index is 2.15. The molecular weight excluding hydrogens is 262 g/mol. The highest BCUT2D eigenvalue weighted by atomic mass is 32.2. The number of thiophene rings is 1. The van der Waals surface area contributed by atoms with Crippen LogP contribution in [0.25, 0.3) is 0 Å². The second kappa shape index (κ2) is 6.07. The molecule has 0 saturated heterocycles. The van der Waals surface area contributed by atoms with Crippen LogP contribution in [0.15, 0.2) is 47.8 Å². The number of hydrogen-bond donors (Lipinski definition) is 1. The molecule has 1 aromatic carbocycles. The van der Waals surface area contributed by atoms with E-state index in [0.717, 1.165) is 5.56 Å². The van der Waals surface area contributed by atoms with E-state index in [1.54, 1.807) is 23.1 Å². The number of primary amides is 1. The van der Waals surface area contributed by atoms with Crippen LogP contribution in [0.3, 0.4) is 0 Å². The number of carbonyl (C=O) groups excluding carboxylic acids is 1. The van der Waals surface area contributed by atoms with E-state index < -0.39 is 0 Å². The zero-order valence-electron chi connectivity index (χ0n) is 10.1. The van der Waals surface area contributed by atoms with Gasteiger partial charge in [-0.05, 0) is 23.9 Å². The fraction of sp³-hybridized carbons (Fsp3) is 0.214. The van der Waals surface area contributed by atoms with E-state index in [2.05, 4.69) is 13.0 Å². The summed E-state index contributed by atoms with van der Waals surface area (Å²) in [5, 5.41) is 2.03. The SMILES string of the molecule is CC(SC(C(N)=O)c1ccccc1)c1cccs1. The second-order valence-electron chi connectivity index (χ2n) is 3.99. The van der Waals surface area contributed by atoms with Gasteiger partial charge >= 0.3 is 0 Å². The van der Waals surface area contributed by atoms with E-state index in [1.807, 2.05) is 41.8 Å². The standard InChI is InChI=1S/C14H15NOS2/c1-10(12-8-5-9-17-12)18-13(14(15)16)11-6-3-2-4-7-11/h2-10,13H,1H3,(H2,15,16). The summed E-state index contributed by atoms with van der Waals surface area (Å²) in [5.41, 5.74) is 6.48. The van der Waals surface area contributed by atoms with E-state index in [4.69, 9.17) is 5.73 Å². The molecule has 0 saturated carbocycles. The Bertz CT molecular complexity index is 496. The molecule has 1 aromatic heterocycles. The van der Waals surface area contributed by atoms with Gasteiger partial charge in [-0.2, -0.15) is 0 Å². The summed E-state index contributed by atoms with van der Waals surface area (Å²) in [5.74, 6) is -0.283. The Morgan fingerprint density at radius 2 is 1.94 bits per heavy atom. The number of carbonyl (C=O) groups is 1. The third kappa shape index (κ3) is 3.15. The molecule has 0 radical (unpaired) electrons. The van der Waals surface area contributed by atoms with Crippen LogP contribution in [0.5, 0.6) is 0 Å². The predicted octanol–water partition coefficient (Wildman–Crippen LogP) is 3.77. The molecule has 1 heterocycles. The average Bonchev–Trinajstić information content (AvgIpc) is 2.90. The summed E-state index contributed by atoms with van der Waals surface area (Å²) in [7, 11) is 0. The fourth-order valence-corrected chi connectivity index (χ4v) is 3.80. The minimum atomic E-state index is -0.289. The van der Waals surface area contributed by atoms with E-state index in [9.17, 15) is 4.79 Å². The zero-order chi connectivity index (χ0) is 13.0. The first kappa shape index (κ1) is 13.2. The summed E-state index contributed by atoms with van der Waals surface area (Å²) < 4.78 is 0. The van der Waals surface area contributed by atoms with Crippen molar-refractivity contribution in [1.29, 1.82) is 0 Å². The molecule has 0 fully saturated rings. The maximum atomic E-state index is 11.6. The Hall–Kier alpha value is -1.26. The normalized spacial score (nSPS) is 14.1. The van der Waals surface area contributed by atoms with Gasteiger partial charge in [-0.25, -0.2) is 0 Å². The van der Waals surface area contributed by atoms with Gasteiger partial charge in [0.1, 0.15) is 5.25 Å². The Labute approximate surface area is 115 Å². The fourth-order valence-electron chi connectivity index (χ4n) is 1.73. The van der Waals surface area contributed by atoms with Crippen molar-refractivity contribution in [2.45, 2.75) is 17.4 Å². The van der Waals surface area contributed by atoms with E-state index in [-0.39, 0.29) is 16.4 Å². The summed E-state index contributed by atoms with van der Waals surface area (Å²) >= 11 is 3.31. The number of nitrogens with two attached hydrogens (primary N) is 1. The number of hydrogen-bond acceptors (Lipinski definition) is 3. The van der Waals surface area contributed by atoms with Crippen molar-refractivity contribution in [3.05, 3.63) is 58.3 Å². The topological polar surface area (TPSA) is 43.1 Å². The van der Waals surface area contributed by atoms with Crippen LogP contribution in [-0.4, -0.2) is 5.91 Å². The summed E-state index contributed by atoms with van der Waals surface area (Å²) in [6.45, 7) is 2.11. The molecule has 0 spiro atoms. The number of amides is 1. The number of benzene rings is 1. The molecule has 2 unspecified atom stereocenters. The van der Waals surface area contributed by atoms with Crippen LogP contribution in [-0.2, 0) is 4.79 Å². The van der Waals surface area contributed by atoms with Crippen LogP contribution in [0.2, 0.25) is 0 Å². The van der Waals surface area contributed by atoms with Crippen LogP contribution in [0, 0.1) is 0 Å². The van der Waals surface area contributed by atoms with E-state index in [1.165, 1.54) is 4.88 Å². The van der Waals surface area contributed by atoms with Gasteiger partial charge in [-0.3, -0.25) is 4.79 Å². The van der Waals surface area contributed by atoms with Gasteiger partial charge in [-0.15, -0.1) is 23.1 Å². The molecule has 0 bridgehead atoms. The van der Waals surface area contributed by atoms with Crippen molar-refractivity contribution in [2.24, 2.45) is 5.73 Å². The molecule has 2 atom stereocenters. The van der Waals surface area contributed by atoms with Crippen molar-refractivity contribution in [2.75, 3.05) is 0 Å². The molecule has 0 aliphatic rings. The molecule has 2 rings (SSSR count). The van der Waals surface area contributed by atoms with Crippen molar-refractivity contribution in [1.82, 2.24) is 0 Å². The molecule has 0 aliphatic heterocycles. The molecule has 2 nitrogen and oxygen atoms in total. The molecule has 2 N–H and O–H groups in total. The summed E-state index contributed by atoms with van der Waals surface area (Å²) in [6.07, 6.45) is 0. The van der Waals surface area contributed by atoms with Crippen LogP contribution >= 0.6 is 23.1 Å². The second-order valence-corrected chi connectivity index (χ2v) is 6.42. The van der Waals surface area contributed by atoms with Crippen molar-refractivity contribution < 1.29 is 4.79 Å². The van der Waals surface area contributed by atoms with Gasteiger partial charge in [0, 0.05) is 10.1 Å². The molecule has 2 aromatic rings. The highest BCUT2D eigenvalue weighted by Crippen LogP contribution is 2.41. The van der Waals surface area contributed by atoms with Crippen molar-refractivity contribution in [3.63, 3.8) is 0 Å². The van der Waals surface area contributed by atoms with Crippen molar-refractivity contribution >= 4 is 29.0 Å². The van der Waals surface area contributed by atoms with E-state index >= 15 is 0 Å². The van der Waals surface area contributed by atoms with Gasteiger partial charge in [0.2, 0.25) is 5.91 Å². The molecule has 18 heavy (non-hydrogen) atoms. The first-order valence-electron chi connectivity index (χ1n) is 5.71. The van der Waals surface area contributed by atoms with E-state index in [0.29, 0.717) is 0 Å². The Morgan fingerprint density at radius 3 is 2.50 bits per heavy atom. The third-order valence-corrected chi connectivity index (χ3v) is 5.29. The summed E-state index contributed by atoms with van der Waals surface area (Å²) in [4.78, 5) is 12.9. The first-order valence-corrected chi connectivity index (χ1v) is 7.54. The zero-order valence-corrected chi connectivity index (χ0v) is 11.7. The highest BCUT2D eigenvalue weighted by molar-refractivity contribution is 8.00. The Kier molecular flexibility index (Phi) is 4.44. The van der Waals surface area contributed by atoms with Crippen molar-refractivity contribution in [3.8, 4) is 0 Å². The lowest BCUT2D eigenvalue weighted by atomic mass is 10.1. The third-order valence-electron chi connectivity index (χ3n) is 2.64. The van der Waals surface area contributed by atoms with Gasteiger partial charge < -0.3 is 5.73 Å². The number of rotatable bonds is 5. The maximum Gasteiger partial charge on any atom is 0.235 e. The number of thioether (sulfide) groups is 1. The lowest BCUT2D eigenvalue weighted by Crippen LogP contribution is -2.19. The van der Waals surface area contributed by atoms with Gasteiger partial charge in [0.05, 0.1) is 0 Å². The smallest absolute Gasteiger partial charge is 0.235 e. The average molecular weight is 277 g/mol. The molecular formula is C14H15NOS2. The quantitative estimate of drug-likeness (QED) is 0.904. The largest absolute Gasteiger partial charge is 0.368 e. The van der Waals surface area contributed by atoms with Crippen LogP contribution in [0.1, 0.15) is 27.9 Å². The molecule has 94 valence electrons. The maximum absolute atomic E-state index is 11.6. The monoisotopic (exact) mass is 277 g/mol. The van der Waals surface area contributed by atoms with Crippen LogP contribution in [0.4, 0.5) is 0 Å². The lowest BCUT2D eigenvalue weighted by Gasteiger charge is -2.17. The van der Waals surface area contributed by atoms with Gasteiger partial charge in [-0.1, -0.05) is 36.4 Å². The van der Waals surface area contributed by atoms with Gasteiger partial charge in [0.15, 0.2) is 0 Å². The molecule has 1 amide bonds. The first-order chi connectivity index (χ1) is 8.68. The van der Waals surface area contributed by atoms with Gasteiger partial charge in [0.25, 0.3) is 0 Å². The minimum absolute atomic E-state index is 0.266. The van der Waals surface area contributed by atoms with Crippen LogP contribution < -0.4 is 5.73 Å². The minimum Gasteiger partial charge on any atom is -0.368 e. The molecule has 0 aliphatic carbocycles. The lowest BCUT2D eigenvalue weighted by molar-refractivity contribution is -0.117. The predicted molar refractivity (Wildman–Crippen MR) is 78.7 cm³/mol. The Morgan fingerprint density at radius 1 is 1.22 bits per heavy atom. The highest BCUT2D eigenvalue weighted by Gasteiger charge is 2.22.